The molecule has 0 unspecified atom stereocenters. The molecule has 20 heavy (non-hydrogen) atoms. The van der Waals surface area contributed by atoms with Gasteiger partial charge in [0.2, 0.25) is 0 Å². The highest BCUT2D eigenvalue weighted by atomic mass is 35.7. The van der Waals surface area contributed by atoms with Crippen LogP contribution in [0.3, 0.4) is 0 Å². The fraction of sp³-hybridized carbons (Fsp3) is 0.846. The Morgan fingerprint density at radius 1 is 1.05 bits per heavy atom. The van der Waals surface area contributed by atoms with E-state index >= 15 is 0 Å². The summed E-state index contributed by atoms with van der Waals surface area (Å²) in [5.41, 5.74) is 0. The molecule has 2 saturated carbocycles. The van der Waals surface area contributed by atoms with E-state index in [-0.39, 0.29) is 11.2 Å². The smallest absolute Gasteiger partial charge is 0.296 e. The van der Waals surface area contributed by atoms with Crippen molar-refractivity contribution in [3.63, 3.8) is 0 Å². The molecular formula is C13H20ClN3O2S. The second kappa shape index (κ2) is 5.64. The number of halogens is 1. The Labute approximate surface area is 124 Å². The summed E-state index contributed by atoms with van der Waals surface area (Å²) in [5, 5.41) is 7.88. The summed E-state index contributed by atoms with van der Waals surface area (Å²) in [7, 11) is 1.66. The molecule has 2 fully saturated rings. The highest BCUT2D eigenvalue weighted by Crippen LogP contribution is 2.39. The molecule has 5 nitrogen and oxygen atoms in total. The number of hydrogen-bond donors (Lipinski definition) is 0. The Morgan fingerprint density at radius 3 is 2.25 bits per heavy atom. The van der Waals surface area contributed by atoms with E-state index < -0.39 is 9.05 Å². The minimum Gasteiger partial charge on any atom is -0.298 e. The van der Waals surface area contributed by atoms with Gasteiger partial charge >= 0.3 is 0 Å². The normalized spacial score (nSPS) is 21.9. The standard InChI is InChI=1S/C13H20ClN3O2S/c14-20(18,19)13-16-15-12(17(13)11-7-8-11)9-10-5-3-1-2-4-6-10/h10-11H,1-9H2. The largest absolute Gasteiger partial charge is 0.298 e. The van der Waals surface area contributed by atoms with Gasteiger partial charge in [-0.25, -0.2) is 8.42 Å². The Kier molecular flexibility index (Phi) is 4.04. The maximum absolute atomic E-state index is 11.6. The maximum atomic E-state index is 11.6. The van der Waals surface area contributed by atoms with Crippen LogP contribution in [-0.4, -0.2) is 23.2 Å². The van der Waals surface area contributed by atoms with Crippen molar-refractivity contribution in [2.24, 2.45) is 5.92 Å². The van der Waals surface area contributed by atoms with Crippen LogP contribution in [0.15, 0.2) is 5.16 Å². The summed E-state index contributed by atoms with van der Waals surface area (Å²) in [4.78, 5) is 0. The molecule has 0 radical (unpaired) electrons. The molecule has 2 aliphatic carbocycles. The van der Waals surface area contributed by atoms with Crippen LogP contribution in [0.5, 0.6) is 0 Å². The zero-order chi connectivity index (χ0) is 14.2. The minimum absolute atomic E-state index is 0.0645. The van der Waals surface area contributed by atoms with Crippen LogP contribution in [0, 0.1) is 5.92 Å². The van der Waals surface area contributed by atoms with Crippen LogP contribution in [0.25, 0.3) is 0 Å². The van der Waals surface area contributed by atoms with Crippen LogP contribution in [0.1, 0.15) is 63.2 Å². The van der Waals surface area contributed by atoms with Gasteiger partial charge in [0.1, 0.15) is 5.82 Å². The number of nitrogens with zero attached hydrogens (tertiary/aromatic N) is 3. The topological polar surface area (TPSA) is 64.8 Å². The highest BCUT2D eigenvalue weighted by Gasteiger charge is 2.34. The molecule has 0 saturated heterocycles. The second-order valence-electron chi connectivity index (χ2n) is 6.00. The predicted octanol–water partition coefficient (Wildman–Crippen LogP) is 3.05. The first kappa shape index (κ1) is 14.3. The lowest BCUT2D eigenvalue weighted by molar-refractivity contribution is 0.434. The monoisotopic (exact) mass is 317 g/mol. The van der Waals surface area contributed by atoms with Crippen molar-refractivity contribution in [3.8, 4) is 0 Å². The second-order valence-corrected chi connectivity index (χ2v) is 8.46. The van der Waals surface area contributed by atoms with E-state index in [1.807, 2.05) is 0 Å². The van der Waals surface area contributed by atoms with Crippen molar-refractivity contribution in [2.45, 2.75) is 69.0 Å². The number of hydrogen-bond acceptors (Lipinski definition) is 4. The van der Waals surface area contributed by atoms with Crippen molar-refractivity contribution < 1.29 is 8.42 Å². The molecule has 1 aromatic rings. The van der Waals surface area contributed by atoms with Gasteiger partial charge in [-0.1, -0.05) is 38.5 Å². The van der Waals surface area contributed by atoms with Crippen molar-refractivity contribution in [1.82, 2.24) is 14.8 Å². The van der Waals surface area contributed by atoms with Crippen LogP contribution in [0.4, 0.5) is 0 Å². The molecule has 0 N–H and O–H groups in total. The fourth-order valence-electron chi connectivity index (χ4n) is 3.14. The van der Waals surface area contributed by atoms with Gasteiger partial charge in [-0.2, -0.15) is 0 Å². The third-order valence-corrected chi connectivity index (χ3v) is 5.44. The molecule has 0 aliphatic heterocycles. The number of aromatic nitrogens is 3. The average Bonchev–Trinajstić information content (AvgIpc) is 3.15. The van der Waals surface area contributed by atoms with E-state index in [0.717, 1.165) is 25.1 Å². The minimum atomic E-state index is -3.80. The summed E-state index contributed by atoms with van der Waals surface area (Å²) in [6.07, 6.45) is 10.4. The SMILES string of the molecule is O=S(=O)(Cl)c1nnc(CC2CCCCCC2)n1C1CC1. The van der Waals surface area contributed by atoms with Gasteiger partial charge in [-0.15, -0.1) is 10.2 Å². The Hall–Kier alpha value is -0.620. The molecule has 1 aromatic heterocycles. The lowest BCUT2D eigenvalue weighted by atomic mass is 9.96. The Bertz CT molecular complexity index is 572. The van der Waals surface area contributed by atoms with Crippen molar-refractivity contribution in [1.29, 1.82) is 0 Å². The molecule has 3 rings (SSSR count). The molecule has 0 amide bonds. The third-order valence-electron chi connectivity index (χ3n) is 4.31. The van der Waals surface area contributed by atoms with Gasteiger partial charge in [0.25, 0.3) is 14.2 Å². The van der Waals surface area contributed by atoms with E-state index in [0.29, 0.717) is 5.92 Å². The zero-order valence-corrected chi connectivity index (χ0v) is 13.0. The number of rotatable bonds is 4. The third kappa shape index (κ3) is 3.17. The van der Waals surface area contributed by atoms with Crippen LogP contribution in [-0.2, 0) is 15.5 Å². The van der Waals surface area contributed by atoms with Gasteiger partial charge in [-0.05, 0) is 18.8 Å². The quantitative estimate of drug-likeness (QED) is 0.632. The molecule has 0 bridgehead atoms. The van der Waals surface area contributed by atoms with E-state index in [4.69, 9.17) is 10.7 Å². The van der Waals surface area contributed by atoms with Crippen LogP contribution < -0.4 is 0 Å². The zero-order valence-electron chi connectivity index (χ0n) is 11.5. The van der Waals surface area contributed by atoms with Crippen molar-refractivity contribution >= 4 is 19.7 Å². The lowest BCUT2D eigenvalue weighted by Gasteiger charge is -2.14. The molecule has 0 atom stereocenters. The van der Waals surface area contributed by atoms with Gasteiger partial charge in [0, 0.05) is 23.1 Å². The molecule has 1 heterocycles. The first-order valence-electron chi connectivity index (χ1n) is 7.44. The van der Waals surface area contributed by atoms with Gasteiger partial charge in [0.15, 0.2) is 0 Å². The molecule has 7 heteroatoms. The van der Waals surface area contributed by atoms with Gasteiger partial charge in [-0.3, -0.25) is 4.57 Å². The summed E-state index contributed by atoms with van der Waals surface area (Å²) < 4.78 is 24.9. The summed E-state index contributed by atoms with van der Waals surface area (Å²) in [5.74, 6) is 1.41. The van der Waals surface area contributed by atoms with E-state index in [9.17, 15) is 8.42 Å². The van der Waals surface area contributed by atoms with Crippen molar-refractivity contribution in [3.05, 3.63) is 5.82 Å². The van der Waals surface area contributed by atoms with Crippen molar-refractivity contribution in [2.75, 3.05) is 0 Å². The predicted molar refractivity (Wildman–Crippen MR) is 76.2 cm³/mol. The average molecular weight is 318 g/mol. The van der Waals surface area contributed by atoms with Crippen LogP contribution in [0.2, 0.25) is 0 Å². The van der Waals surface area contributed by atoms with Gasteiger partial charge < -0.3 is 0 Å². The Balaban J connectivity index is 1.84. The molecule has 112 valence electrons. The summed E-state index contributed by atoms with van der Waals surface area (Å²) in [6.45, 7) is 0. The summed E-state index contributed by atoms with van der Waals surface area (Å²) in [6, 6.07) is 0.231. The highest BCUT2D eigenvalue weighted by molar-refractivity contribution is 8.13. The molecule has 0 aromatic carbocycles. The first-order chi connectivity index (χ1) is 9.55. The lowest BCUT2D eigenvalue weighted by Crippen LogP contribution is -2.12. The Morgan fingerprint density at radius 2 is 1.70 bits per heavy atom. The summed E-state index contributed by atoms with van der Waals surface area (Å²) >= 11 is 0. The van der Waals surface area contributed by atoms with Gasteiger partial charge in [0.05, 0.1) is 0 Å². The van der Waals surface area contributed by atoms with E-state index in [1.165, 1.54) is 38.5 Å². The molecule has 2 aliphatic rings. The fourth-order valence-corrected chi connectivity index (χ4v) is 4.08. The molecular weight excluding hydrogens is 298 g/mol. The van der Waals surface area contributed by atoms with E-state index in [1.54, 1.807) is 4.57 Å². The first-order valence-corrected chi connectivity index (χ1v) is 9.75. The molecule has 0 spiro atoms. The van der Waals surface area contributed by atoms with Crippen LogP contribution >= 0.6 is 10.7 Å². The van der Waals surface area contributed by atoms with E-state index in [2.05, 4.69) is 10.2 Å². The maximum Gasteiger partial charge on any atom is 0.296 e.